The number of fused-ring (bicyclic) bond motifs is 1. The second-order valence-corrected chi connectivity index (χ2v) is 28.8. The van der Waals surface area contributed by atoms with Crippen LogP contribution in [-0.2, 0) is 19.4 Å². The number of anilines is 3. The summed E-state index contributed by atoms with van der Waals surface area (Å²) in [5, 5.41) is 13.4. The zero-order chi connectivity index (χ0) is 62.1. The van der Waals surface area contributed by atoms with Crippen molar-refractivity contribution < 1.29 is 41.5 Å². The molecule has 3 amide bonds. The lowest BCUT2D eigenvalue weighted by atomic mass is 10.0. The Morgan fingerprint density at radius 1 is 0.828 bits per heavy atom. The van der Waals surface area contributed by atoms with Crippen molar-refractivity contribution in [1.29, 1.82) is 0 Å². The number of ether oxygens (including phenoxy) is 2. The summed E-state index contributed by atoms with van der Waals surface area (Å²) in [5.74, 6) is 0.871. The number of benzene rings is 2. The molecule has 4 aliphatic rings. The molecule has 2 N–H and O–H groups in total. The van der Waals surface area contributed by atoms with E-state index in [0.717, 1.165) is 24.1 Å². The lowest BCUT2D eigenvalue weighted by Gasteiger charge is -2.48. The third-order valence-corrected chi connectivity index (χ3v) is 20.3. The summed E-state index contributed by atoms with van der Waals surface area (Å²) in [6.45, 7) is 25.9. The standard InChI is InChI=1S/C61H80FN15O8S2/c1-38-31-74(25-24-73(38)33-45-34-77(59(81)85-60(5,6)7)39(2)32-75(45)35-52(78)76-19-11-13-49(76)56-67-48(36-86-56)53(79)42-14-16-44(62)17-15-42)58-63-29-43(30-64-58)57(80)72-22-20-71(21-23-72)18-12-26-84-50-28-47-46(27-51(50)87(82,83)61(8,9)10)55(66-37-65-47)68-54-40(3)41(4)69-70-54/h14-17,27-30,36-39,45,49H,11-13,18-26,31-35H2,1-10H3,(H2,65,66,68,69,70)/t38-,39-,45+,49+/m1/s1. The SMILES string of the molecule is Cc1[nH]nc(Nc2ncnc3cc(OCCCN4CCN(C(=O)c5cnc(N6CCN(C[C@H]7CN(C(=O)OC(C)(C)C)[C@H](C)CN7CC(=O)N7CCC[C@H]7c7nc(C(=O)c8ccc(F)cc8)cs7)[C@H](C)C6)nc5)CC4)c(S(=O)(=O)C(C)(C)C)cc23)c1C. The summed E-state index contributed by atoms with van der Waals surface area (Å²) < 4.78 is 52.7. The van der Waals surface area contributed by atoms with Crippen molar-refractivity contribution in [2.24, 2.45) is 0 Å². The van der Waals surface area contributed by atoms with E-state index in [-0.39, 0.29) is 77.3 Å². The number of carbonyl (C=O) groups excluding carboxylic acids is 4. The molecule has 2 aromatic carbocycles. The summed E-state index contributed by atoms with van der Waals surface area (Å²) >= 11 is 1.35. The average molecular weight is 1230 g/mol. The first kappa shape index (κ1) is 62.8. The van der Waals surface area contributed by atoms with Gasteiger partial charge in [0.25, 0.3) is 5.91 Å². The van der Waals surface area contributed by atoms with E-state index in [0.29, 0.717) is 130 Å². The van der Waals surface area contributed by atoms with Crippen molar-refractivity contribution >= 4 is 73.4 Å². The number of aryl methyl sites for hydroxylation is 1. The molecular formula is C61H80FN15O8S2. The van der Waals surface area contributed by atoms with Crippen LogP contribution in [-0.4, -0.2) is 217 Å². The minimum Gasteiger partial charge on any atom is -0.492 e. The highest BCUT2D eigenvalue weighted by Gasteiger charge is 2.42. The molecular weight excluding hydrogens is 1150 g/mol. The third kappa shape index (κ3) is 14.2. The second kappa shape index (κ2) is 25.8. The van der Waals surface area contributed by atoms with Gasteiger partial charge in [0.15, 0.2) is 15.7 Å². The molecule has 0 radical (unpaired) electrons. The van der Waals surface area contributed by atoms with Gasteiger partial charge in [0, 0.05) is 143 Å². The average Bonchev–Trinajstić information content (AvgIpc) is 1.67. The Bertz CT molecular complexity index is 3580. The van der Waals surface area contributed by atoms with Crippen molar-refractivity contribution in [1.82, 2.24) is 64.5 Å². The third-order valence-electron chi connectivity index (χ3n) is 16.8. The van der Waals surface area contributed by atoms with Crippen molar-refractivity contribution in [2.75, 3.05) is 102 Å². The van der Waals surface area contributed by atoms with Gasteiger partial charge in [0.05, 0.1) is 35.0 Å². The zero-order valence-electron chi connectivity index (χ0n) is 51.4. The van der Waals surface area contributed by atoms with E-state index in [2.05, 4.69) is 52.0 Å². The number of piperazine rings is 3. The number of hydrogen-bond donors (Lipinski definition) is 2. The molecule has 466 valence electrons. The van der Waals surface area contributed by atoms with Crippen LogP contribution in [0.5, 0.6) is 5.75 Å². The van der Waals surface area contributed by atoms with E-state index in [4.69, 9.17) is 24.4 Å². The maximum Gasteiger partial charge on any atom is 0.410 e. The number of sulfone groups is 1. The van der Waals surface area contributed by atoms with E-state index in [1.807, 2.05) is 51.3 Å². The number of likely N-dealkylation sites (tertiary alicyclic amines) is 1. The van der Waals surface area contributed by atoms with E-state index in [1.54, 1.807) is 55.6 Å². The number of hydrogen-bond acceptors (Lipinski definition) is 20. The summed E-state index contributed by atoms with van der Waals surface area (Å²) in [5.41, 5.74) is 2.68. The first-order valence-corrected chi connectivity index (χ1v) is 32.2. The van der Waals surface area contributed by atoms with Gasteiger partial charge in [-0.1, -0.05) is 0 Å². The molecule has 23 nitrogen and oxygen atoms in total. The van der Waals surface area contributed by atoms with Crippen LogP contribution in [0.4, 0.5) is 26.8 Å². The molecule has 0 saturated carbocycles. The van der Waals surface area contributed by atoms with Crippen molar-refractivity contribution in [3.05, 3.63) is 99.4 Å². The molecule has 0 aliphatic carbocycles. The molecule has 4 aromatic heterocycles. The first-order valence-electron chi connectivity index (χ1n) is 29.9. The summed E-state index contributed by atoms with van der Waals surface area (Å²) in [6, 6.07) is 8.00. The lowest BCUT2D eigenvalue weighted by Crippen LogP contribution is -2.65. The number of halogens is 1. The monoisotopic (exact) mass is 1230 g/mol. The molecule has 10 rings (SSSR count). The highest BCUT2D eigenvalue weighted by molar-refractivity contribution is 7.92. The largest absolute Gasteiger partial charge is 0.492 e. The van der Waals surface area contributed by atoms with Gasteiger partial charge in [-0.3, -0.25) is 34.2 Å². The summed E-state index contributed by atoms with van der Waals surface area (Å²) in [7, 11) is -3.86. The van der Waals surface area contributed by atoms with Gasteiger partial charge in [-0.25, -0.2) is 42.5 Å². The van der Waals surface area contributed by atoms with Gasteiger partial charge in [0.1, 0.15) is 44.9 Å². The van der Waals surface area contributed by atoms with Crippen LogP contribution in [0.2, 0.25) is 0 Å². The summed E-state index contributed by atoms with van der Waals surface area (Å²) in [6.07, 6.45) is 6.38. The van der Waals surface area contributed by atoms with Gasteiger partial charge < -0.3 is 34.4 Å². The molecule has 4 atom stereocenters. The highest BCUT2D eigenvalue weighted by Crippen LogP contribution is 2.38. The fourth-order valence-corrected chi connectivity index (χ4v) is 13.9. The fraction of sp³-hybridized carbons (Fsp3) is 0.541. The van der Waals surface area contributed by atoms with Crippen molar-refractivity contribution in [3.8, 4) is 5.75 Å². The van der Waals surface area contributed by atoms with Crippen LogP contribution in [0.3, 0.4) is 0 Å². The van der Waals surface area contributed by atoms with Crippen LogP contribution in [0.1, 0.15) is 123 Å². The van der Waals surface area contributed by atoms with Gasteiger partial charge in [-0.05, 0) is 119 Å². The van der Waals surface area contributed by atoms with Crippen LogP contribution in [0.15, 0.2) is 65.4 Å². The van der Waals surface area contributed by atoms with Crippen LogP contribution >= 0.6 is 11.3 Å². The molecule has 8 heterocycles. The number of H-pyrrole nitrogens is 1. The van der Waals surface area contributed by atoms with Crippen molar-refractivity contribution in [2.45, 2.75) is 128 Å². The second-order valence-electron chi connectivity index (χ2n) is 25.2. The predicted molar refractivity (Wildman–Crippen MR) is 329 cm³/mol. The van der Waals surface area contributed by atoms with Crippen molar-refractivity contribution in [3.63, 3.8) is 0 Å². The minimum atomic E-state index is -3.86. The zero-order valence-corrected chi connectivity index (χ0v) is 53.0. The number of amides is 3. The van der Waals surface area contributed by atoms with Gasteiger partial charge in [0.2, 0.25) is 17.6 Å². The number of aromatic nitrogens is 7. The topological polar surface area (TPSA) is 249 Å². The Morgan fingerprint density at radius 3 is 2.24 bits per heavy atom. The normalized spacial score (nSPS) is 20.3. The number of aromatic amines is 1. The van der Waals surface area contributed by atoms with Crippen LogP contribution in [0, 0.1) is 19.7 Å². The molecule has 6 aromatic rings. The number of carbonyl (C=O) groups is 4. The molecule has 0 spiro atoms. The van der Waals surface area contributed by atoms with Gasteiger partial charge >= 0.3 is 6.09 Å². The van der Waals surface area contributed by atoms with Crippen LogP contribution in [0.25, 0.3) is 10.9 Å². The Balaban J connectivity index is 0.718. The minimum absolute atomic E-state index is 0.0387. The number of nitrogens with one attached hydrogen (secondary N) is 2. The number of rotatable bonds is 17. The molecule has 4 saturated heterocycles. The smallest absolute Gasteiger partial charge is 0.410 e. The number of ketones is 1. The summed E-state index contributed by atoms with van der Waals surface area (Å²) in [4.78, 5) is 92.7. The maximum absolute atomic E-state index is 14.4. The quantitative estimate of drug-likeness (QED) is 0.0671. The molecule has 0 bridgehead atoms. The Kier molecular flexibility index (Phi) is 18.6. The van der Waals surface area contributed by atoms with Crippen LogP contribution < -0.4 is 15.0 Å². The Labute approximate surface area is 511 Å². The number of nitrogens with zero attached hydrogens (tertiary/aromatic N) is 13. The van der Waals surface area contributed by atoms with E-state index in [9.17, 15) is 32.0 Å². The predicted octanol–water partition coefficient (Wildman–Crippen LogP) is 7.31. The fourth-order valence-electron chi connectivity index (χ4n) is 11.6. The Hall–Kier alpha value is -7.26. The Morgan fingerprint density at radius 2 is 1.56 bits per heavy atom. The maximum atomic E-state index is 14.4. The van der Waals surface area contributed by atoms with E-state index >= 15 is 0 Å². The van der Waals surface area contributed by atoms with Gasteiger partial charge in [-0.2, -0.15) is 5.10 Å². The molecule has 4 aliphatic heterocycles. The molecule has 26 heteroatoms. The van der Waals surface area contributed by atoms with Gasteiger partial charge in [-0.15, -0.1) is 11.3 Å². The lowest BCUT2D eigenvalue weighted by molar-refractivity contribution is -0.135. The van der Waals surface area contributed by atoms with E-state index < -0.39 is 26.0 Å². The number of thiazole rings is 1. The molecule has 87 heavy (non-hydrogen) atoms. The molecule has 4 fully saturated rings. The highest BCUT2D eigenvalue weighted by atomic mass is 32.2. The molecule has 0 unspecified atom stereocenters. The first-order chi connectivity index (χ1) is 41.3. The van der Waals surface area contributed by atoms with E-state index in [1.165, 1.54) is 41.9 Å².